The third-order valence-corrected chi connectivity index (χ3v) is 4.41. The summed E-state index contributed by atoms with van der Waals surface area (Å²) in [7, 11) is 3.10. The van der Waals surface area contributed by atoms with Gasteiger partial charge in [-0.15, -0.1) is 0 Å². The molecule has 3 rings (SSSR count). The molecule has 0 saturated heterocycles. The van der Waals surface area contributed by atoms with Gasteiger partial charge in [-0.2, -0.15) is 0 Å². The van der Waals surface area contributed by atoms with Crippen molar-refractivity contribution in [2.75, 3.05) is 12.4 Å². The number of carbonyl (C=O) groups is 3. The lowest BCUT2D eigenvalue weighted by atomic mass is 9.93. The van der Waals surface area contributed by atoms with E-state index in [1.165, 1.54) is 14.0 Å². The van der Waals surface area contributed by atoms with Crippen molar-refractivity contribution in [3.8, 4) is 16.9 Å². The number of methoxy groups -OCH3 is 1. The van der Waals surface area contributed by atoms with E-state index in [2.05, 4.69) is 5.32 Å². The van der Waals surface area contributed by atoms with Crippen LogP contribution in [0.2, 0.25) is 0 Å². The summed E-state index contributed by atoms with van der Waals surface area (Å²) in [5.74, 6) is -1.47. The summed E-state index contributed by atoms with van der Waals surface area (Å²) in [5, 5.41) is 2.76. The molecule has 0 saturated carbocycles. The molecule has 150 valence electrons. The van der Waals surface area contributed by atoms with Gasteiger partial charge in [-0.1, -0.05) is 54.0 Å². The zero-order valence-electron chi connectivity index (χ0n) is 16.9. The minimum absolute atomic E-state index is 0.143. The first kappa shape index (κ1) is 20.9. The number of anilines is 1. The number of rotatable bonds is 5. The predicted octanol–water partition coefficient (Wildman–Crippen LogP) is 2.58. The van der Waals surface area contributed by atoms with Crippen LogP contribution in [-0.2, 0) is 9.53 Å². The number of esters is 2. The van der Waals surface area contributed by atoms with Crippen LogP contribution in [0.1, 0.15) is 27.6 Å². The highest BCUT2D eigenvalue weighted by atomic mass is 16.5. The quantitative estimate of drug-likeness (QED) is 0.404. The summed E-state index contributed by atoms with van der Waals surface area (Å²) in [6.45, 7) is 1.26. The summed E-state index contributed by atoms with van der Waals surface area (Å²) in [6.07, 6.45) is 0. The van der Waals surface area contributed by atoms with Gasteiger partial charge in [0.15, 0.2) is 0 Å². The minimum atomic E-state index is -0.575. The minimum Gasteiger partial charge on any atom is -0.465 e. The molecule has 0 heterocycles. The first-order valence-corrected chi connectivity index (χ1v) is 9.27. The summed E-state index contributed by atoms with van der Waals surface area (Å²) in [5.41, 5.74) is 3.27. The Morgan fingerprint density at radius 3 is 2.27 bits per heavy atom. The third kappa shape index (κ3) is 4.75. The molecule has 0 aliphatic rings. The van der Waals surface area contributed by atoms with Crippen LogP contribution in [0.3, 0.4) is 0 Å². The van der Waals surface area contributed by atoms with Crippen LogP contribution in [0.4, 0.5) is 5.69 Å². The van der Waals surface area contributed by atoms with Crippen molar-refractivity contribution < 1.29 is 23.9 Å². The fourth-order valence-corrected chi connectivity index (χ4v) is 3.00. The second-order valence-corrected chi connectivity index (χ2v) is 6.67. The lowest BCUT2D eigenvalue weighted by Crippen LogP contribution is -2.19. The van der Waals surface area contributed by atoms with Crippen molar-refractivity contribution in [2.45, 2.75) is 6.92 Å². The van der Waals surface area contributed by atoms with Crippen LogP contribution in [-0.4, -0.2) is 32.8 Å². The van der Waals surface area contributed by atoms with E-state index >= 15 is 0 Å². The lowest BCUT2D eigenvalue weighted by molar-refractivity contribution is -0.131. The van der Waals surface area contributed by atoms with Gasteiger partial charge in [-0.05, 0) is 29.3 Å². The van der Waals surface area contributed by atoms with E-state index < -0.39 is 17.8 Å². The molecule has 0 unspecified atom stereocenters. The predicted molar refractivity (Wildman–Crippen MR) is 117 cm³/mol. The van der Waals surface area contributed by atoms with Crippen molar-refractivity contribution in [1.29, 1.82) is 0 Å². The Labute approximate surface area is 175 Å². The zero-order chi connectivity index (χ0) is 21.7. The summed E-state index contributed by atoms with van der Waals surface area (Å²) in [4.78, 5) is 36.6. The van der Waals surface area contributed by atoms with Gasteiger partial charge in [0.2, 0.25) is 0 Å². The molecule has 1 N–H and O–H groups in total. The molecule has 1 amide bonds. The molecule has 0 spiro atoms. The van der Waals surface area contributed by atoms with Crippen molar-refractivity contribution in [3.05, 3.63) is 77.9 Å². The smallest absolute Gasteiger partial charge is 0.339 e. The van der Waals surface area contributed by atoms with Crippen LogP contribution >= 0.6 is 0 Å². The van der Waals surface area contributed by atoms with E-state index in [1.54, 1.807) is 36.4 Å². The van der Waals surface area contributed by atoms with Crippen LogP contribution < -0.4 is 15.5 Å². The Hall–Kier alpha value is -3.87. The molecule has 0 aliphatic heterocycles. The fraction of sp³-hybridized carbons (Fsp3) is 0.0870. The van der Waals surface area contributed by atoms with Gasteiger partial charge in [0, 0.05) is 6.92 Å². The lowest BCUT2D eigenvalue weighted by Gasteiger charge is -2.14. The first-order valence-electron chi connectivity index (χ1n) is 9.27. The summed E-state index contributed by atoms with van der Waals surface area (Å²) >= 11 is 0. The molecule has 0 fully saturated rings. The van der Waals surface area contributed by atoms with E-state index in [-0.39, 0.29) is 16.9 Å². The molecule has 0 aromatic heterocycles. The van der Waals surface area contributed by atoms with Crippen molar-refractivity contribution in [2.24, 2.45) is 0 Å². The van der Waals surface area contributed by atoms with E-state index in [4.69, 9.17) is 9.47 Å². The number of ether oxygens (including phenoxy) is 2. The Bertz CT molecular complexity index is 1110. The van der Waals surface area contributed by atoms with E-state index in [1.807, 2.05) is 38.2 Å². The van der Waals surface area contributed by atoms with Gasteiger partial charge in [-0.3, -0.25) is 9.59 Å². The molecule has 30 heavy (non-hydrogen) atoms. The van der Waals surface area contributed by atoms with Gasteiger partial charge >= 0.3 is 11.9 Å². The monoisotopic (exact) mass is 401 g/mol. The molecular weight excluding hydrogens is 381 g/mol. The maximum Gasteiger partial charge on any atom is 0.339 e. The Balaban J connectivity index is 2.02. The average Bonchev–Trinajstić information content (AvgIpc) is 2.74. The molecule has 0 aliphatic carbocycles. The Morgan fingerprint density at radius 1 is 0.867 bits per heavy atom. The van der Waals surface area contributed by atoms with Crippen molar-refractivity contribution >= 4 is 36.8 Å². The second-order valence-electron chi connectivity index (χ2n) is 6.67. The standard InChI is InChI=1S/C23H20BNO5/c1-14(26)30-21-11-9-17(24)13-19(21)22(27)25-20-12-16(15-6-4-3-5-7-15)8-10-18(20)23(28)29-2/h3-13H,24H2,1-2H3,(H,25,27). The maximum atomic E-state index is 13.0. The summed E-state index contributed by atoms with van der Waals surface area (Å²) in [6, 6.07) is 19.6. The maximum absolute atomic E-state index is 13.0. The van der Waals surface area contributed by atoms with Gasteiger partial charge < -0.3 is 14.8 Å². The molecule has 7 heteroatoms. The Morgan fingerprint density at radius 2 is 1.60 bits per heavy atom. The van der Waals surface area contributed by atoms with Crippen molar-refractivity contribution in [3.63, 3.8) is 0 Å². The number of carbonyl (C=O) groups excluding carboxylic acids is 3. The topological polar surface area (TPSA) is 81.7 Å². The van der Waals surface area contributed by atoms with Gasteiger partial charge in [-0.25, -0.2) is 4.79 Å². The number of hydrogen-bond acceptors (Lipinski definition) is 5. The number of benzene rings is 3. The Kier molecular flexibility index (Phi) is 6.32. The van der Waals surface area contributed by atoms with E-state index in [0.29, 0.717) is 5.69 Å². The van der Waals surface area contributed by atoms with Crippen LogP contribution in [0, 0.1) is 0 Å². The largest absolute Gasteiger partial charge is 0.465 e. The second kappa shape index (κ2) is 9.09. The molecule has 0 atom stereocenters. The number of nitrogens with one attached hydrogen (secondary N) is 1. The number of hydrogen-bond donors (Lipinski definition) is 1. The molecule has 6 nitrogen and oxygen atoms in total. The third-order valence-electron chi connectivity index (χ3n) is 4.41. The van der Waals surface area contributed by atoms with Crippen LogP contribution in [0.15, 0.2) is 66.7 Å². The summed E-state index contributed by atoms with van der Waals surface area (Å²) < 4.78 is 10.0. The molecule has 3 aromatic rings. The van der Waals surface area contributed by atoms with E-state index in [9.17, 15) is 14.4 Å². The molecule has 0 bridgehead atoms. The molecular formula is C23H20BNO5. The van der Waals surface area contributed by atoms with Crippen LogP contribution in [0.5, 0.6) is 5.75 Å². The van der Waals surface area contributed by atoms with Crippen molar-refractivity contribution in [1.82, 2.24) is 0 Å². The SMILES string of the molecule is Bc1ccc(OC(C)=O)c(C(=O)Nc2cc(-c3ccccc3)ccc2C(=O)OC)c1. The van der Waals surface area contributed by atoms with E-state index in [0.717, 1.165) is 16.6 Å². The molecule has 0 radical (unpaired) electrons. The molecule has 3 aromatic carbocycles. The van der Waals surface area contributed by atoms with Gasteiger partial charge in [0.1, 0.15) is 13.6 Å². The highest BCUT2D eigenvalue weighted by Crippen LogP contribution is 2.27. The van der Waals surface area contributed by atoms with Gasteiger partial charge in [0.05, 0.1) is 23.9 Å². The highest BCUT2D eigenvalue weighted by molar-refractivity contribution is 6.33. The van der Waals surface area contributed by atoms with Gasteiger partial charge in [0.25, 0.3) is 5.91 Å². The normalized spacial score (nSPS) is 10.2. The first-order chi connectivity index (χ1) is 14.4. The van der Waals surface area contributed by atoms with Crippen LogP contribution in [0.25, 0.3) is 11.1 Å². The highest BCUT2D eigenvalue weighted by Gasteiger charge is 2.19. The fourth-order valence-electron chi connectivity index (χ4n) is 3.00. The number of amides is 1. The zero-order valence-corrected chi connectivity index (χ0v) is 16.9. The average molecular weight is 401 g/mol.